The second kappa shape index (κ2) is 12.5. The van der Waals surface area contributed by atoms with Crippen molar-refractivity contribution in [1.82, 2.24) is 14.5 Å². The first-order valence-electron chi connectivity index (χ1n) is 11.1. The van der Waals surface area contributed by atoms with Crippen LogP contribution in [0.1, 0.15) is 32.3 Å². The Morgan fingerprint density at radius 3 is 2.21 bits per heavy atom. The minimum absolute atomic E-state index is 0.126. The van der Waals surface area contributed by atoms with Crippen LogP contribution in [0.15, 0.2) is 54.6 Å². The maximum atomic E-state index is 13.5. The highest BCUT2D eigenvalue weighted by Crippen LogP contribution is 2.21. The predicted octanol–water partition coefficient (Wildman–Crippen LogP) is 2.77. The quantitative estimate of drug-likeness (QED) is 0.462. The molecule has 2 aromatic carbocycles. The number of hydrogen-bond acceptors (Lipinski definition) is 4. The Morgan fingerprint density at radius 2 is 1.65 bits per heavy atom. The Morgan fingerprint density at radius 1 is 1.03 bits per heavy atom. The molecule has 34 heavy (non-hydrogen) atoms. The van der Waals surface area contributed by atoms with Crippen molar-refractivity contribution in [3.8, 4) is 0 Å². The standard InChI is InChI=1S/C24H33FN4O4S/c1-5-6-16-26-24(31)19(2)28(17-20-10-8-7-9-11-20)23(30)18-29(34(32,33)27(3)4)22-14-12-21(25)13-15-22/h7-15,19H,5-6,16-18H2,1-4H3,(H,26,31)/t19-/m0/s1. The van der Waals surface area contributed by atoms with Gasteiger partial charge in [0.05, 0.1) is 5.69 Å². The van der Waals surface area contributed by atoms with Crippen LogP contribution in [0.3, 0.4) is 0 Å². The number of amides is 2. The summed E-state index contributed by atoms with van der Waals surface area (Å²) in [4.78, 5) is 27.6. The summed E-state index contributed by atoms with van der Waals surface area (Å²) in [6.45, 7) is 3.69. The van der Waals surface area contributed by atoms with E-state index in [0.29, 0.717) is 6.54 Å². The molecule has 2 rings (SSSR count). The minimum atomic E-state index is -4.07. The Labute approximate surface area is 201 Å². The average molecular weight is 493 g/mol. The minimum Gasteiger partial charge on any atom is -0.354 e. The molecule has 2 aromatic rings. The van der Waals surface area contributed by atoms with Gasteiger partial charge in [0.1, 0.15) is 18.4 Å². The van der Waals surface area contributed by atoms with Crippen LogP contribution in [-0.4, -0.2) is 62.7 Å². The lowest BCUT2D eigenvalue weighted by molar-refractivity contribution is -0.139. The Hall–Kier alpha value is -2.98. The summed E-state index contributed by atoms with van der Waals surface area (Å²) in [5, 5.41) is 2.83. The zero-order chi connectivity index (χ0) is 25.3. The molecular formula is C24H33FN4O4S. The molecule has 0 bridgehead atoms. The molecule has 0 saturated carbocycles. The molecule has 186 valence electrons. The fourth-order valence-corrected chi connectivity index (χ4v) is 4.28. The Balaban J connectivity index is 2.37. The molecule has 0 spiro atoms. The summed E-state index contributed by atoms with van der Waals surface area (Å²) in [7, 11) is -1.38. The van der Waals surface area contributed by atoms with E-state index >= 15 is 0 Å². The molecule has 0 radical (unpaired) electrons. The number of nitrogens with one attached hydrogen (secondary N) is 1. The van der Waals surface area contributed by atoms with E-state index < -0.39 is 34.5 Å². The first-order chi connectivity index (χ1) is 16.1. The van der Waals surface area contributed by atoms with Gasteiger partial charge in [0.15, 0.2) is 0 Å². The molecule has 2 amide bonds. The van der Waals surface area contributed by atoms with E-state index in [2.05, 4.69) is 5.32 Å². The summed E-state index contributed by atoms with van der Waals surface area (Å²) in [5.74, 6) is -1.40. The fourth-order valence-electron chi connectivity index (χ4n) is 3.22. The van der Waals surface area contributed by atoms with Crippen molar-refractivity contribution in [1.29, 1.82) is 0 Å². The molecule has 0 aliphatic rings. The summed E-state index contributed by atoms with van der Waals surface area (Å²) < 4.78 is 41.4. The lowest BCUT2D eigenvalue weighted by Gasteiger charge is -2.32. The van der Waals surface area contributed by atoms with Crippen LogP contribution >= 0.6 is 0 Å². The number of rotatable bonds is 12. The third kappa shape index (κ3) is 7.26. The van der Waals surface area contributed by atoms with E-state index in [1.807, 2.05) is 37.3 Å². The molecule has 1 N–H and O–H groups in total. The van der Waals surface area contributed by atoms with Gasteiger partial charge >= 0.3 is 10.2 Å². The van der Waals surface area contributed by atoms with Crippen molar-refractivity contribution in [2.75, 3.05) is 31.5 Å². The number of anilines is 1. The van der Waals surface area contributed by atoms with Gasteiger partial charge < -0.3 is 10.2 Å². The number of unbranched alkanes of at least 4 members (excludes halogenated alkanes) is 1. The third-order valence-electron chi connectivity index (χ3n) is 5.33. The molecule has 0 unspecified atom stereocenters. The molecule has 0 heterocycles. The van der Waals surface area contributed by atoms with Crippen LogP contribution in [-0.2, 0) is 26.3 Å². The highest BCUT2D eigenvalue weighted by molar-refractivity contribution is 7.90. The maximum absolute atomic E-state index is 13.5. The summed E-state index contributed by atoms with van der Waals surface area (Å²) in [6, 6.07) is 13.2. The highest BCUT2D eigenvalue weighted by atomic mass is 32.2. The SMILES string of the molecule is CCCCNC(=O)[C@H](C)N(Cc1ccccc1)C(=O)CN(c1ccc(F)cc1)S(=O)(=O)N(C)C. The molecule has 0 saturated heterocycles. The third-order valence-corrected chi connectivity index (χ3v) is 7.15. The first-order valence-corrected chi connectivity index (χ1v) is 12.5. The van der Waals surface area contributed by atoms with Crippen LogP contribution in [0.5, 0.6) is 0 Å². The molecular weight excluding hydrogens is 459 g/mol. The number of carbonyl (C=O) groups excluding carboxylic acids is 2. The largest absolute Gasteiger partial charge is 0.354 e. The van der Waals surface area contributed by atoms with Gasteiger partial charge in [-0.25, -0.2) is 8.70 Å². The van der Waals surface area contributed by atoms with Gasteiger partial charge in [0, 0.05) is 27.2 Å². The van der Waals surface area contributed by atoms with E-state index in [4.69, 9.17) is 0 Å². The maximum Gasteiger partial charge on any atom is 0.304 e. The molecule has 0 aliphatic carbocycles. The number of halogens is 1. The lowest BCUT2D eigenvalue weighted by atomic mass is 10.1. The second-order valence-corrected chi connectivity index (χ2v) is 10.2. The summed E-state index contributed by atoms with van der Waals surface area (Å²) >= 11 is 0. The van der Waals surface area contributed by atoms with Crippen molar-refractivity contribution in [3.63, 3.8) is 0 Å². The molecule has 10 heteroatoms. The van der Waals surface area contributed by atoms with E-state index in [9.17, 15) is 22.4 Å². The van der Waals surface area contributed by atoms with Crippen LogP contribution in [0.2, 0.25) is 0 Å². The van der Waals surface area contributed by atoms with E-state index in [1.54, 1.807) is 6.92 Å². The van der Waals surface area contributed by atoms with Gasteiger partial charge in [-0.05, 0) is 43.2 Å². The molecule has 1 atom stereocenters. The molecule has 0 aliphatic heterocycles. The monoisotopic (exact) mass is 492 g/mol. The average Bonchev–Trinajstić information content (AvgIpc) is 2.81. The van der Waals surface area contributed by atoms with Gasteiger partial charge in [0.25, 0.3) is 0 Å². The number of carbonyl (C=O) groups is 2. The topological polar surface area (TPSA) is 90.0 Å². The van der Waals surface area contributed by atoms with Crippen molar-refractivity contribution in [2.45, 2.75) is 39.3 Å². The van der Waals surface area contributed by atoms with E-state index in [0.717, 1.165) is 39.1 Å². The van der Waals surface area contributed by atoms with Crippen molar-refractivity contribution < 1.29 is 22.4 Å². The molecule has 0 fully saturated rings. The lowest BCUT2D eigenvalue weighted by Crippen LogP contribution is -2.52. The predicted molar refractivity (Wildman–Crippen MR) is 131 cm³/mol. The van der Waals surface area contributed by atoms with Gasteiger partial charge in [-0.1, -0.05) is 43.7 Å². The number of benzene rings is 2. The molecule has 8 nitrogen and oxygen atoms in total. The number of hydrogen-bond donors (Lipinski definition) is 1. The highest BCUT2D eigenvalue weighted by Gasteiger charge is 2.32. The smallest absolute Gasteiger partial charge is 0.304 e. The van der Waals surface area contributed by atoms with Gasteiger partial charge in [-0.3, -0.25) is 9.59 Å². The zero-order valence-electron chi connectivity index (χ0n) is 20.1. The van der Waals surface area contributed by atoms with Gasteiger partial charge in [-0.2, -0.15) is 12.7 Å². The normalized spacial score (nSPS) is 12.3. The Kier molecular flexibility index (Phi) is 10.0. The van der Waals surface area contributed by atoms with Crippen molar-refractivity contribution >= 4 is 27.7 Å². The van der Waals surface area contributed by atoms with Crippen LogP contribution in [0.4, 0.5) is 10.1 Å². The first kappa shape index (κ1) is 27.3. The van der Waals surface area contributed by atoms with Crippen LogP contribution in [0, 0.1) is 5.82 Å². The summed E-state index contributed by atoms with van der Waals surface area (Å²) in [5.41, 5.74) is 0.941. The van der Waals surface area contributed by atoms with Crippen molar-refractivity contribution in [2.24, 2.45) is 0 Å². The Bertz CT molecular complexity index is 1050. The zero-order valence-corrected chi connectivity index (χ0v) is 20.9. The van der Waals surface area contributed by atoms with Crippen molar-refractivity contribution in [3.05, 3.63) is 66.0 Å². The van der Waals surface area contributed by atoms with Gasteiger partial charge in [-0.15, -0.1) is 0 Å². The van der Waals surface area contributed by atoms with Crippen LogP contribution in [0.25, 0.3) is 0 Å². The van der Waals surface area contributed by atoms with E-state index in [1.165, 1.54) is 31.1 Å². The number of nitrogens with zero attached hydrogens (tertiary/aromatic N) is 3. The fraction of sp³-hybridized carbons (Fsp3) is 0.417. The molecule has 0 aromatic heterocycles. The summed E-state index contributed by atoms with van der Waals surface area (Å²) in [6.07, 6.45) is 1.72. The van der Waals surface area contributed by atoms with E-state index in [-0.39, 0.29) is 18.1 Å². The van der Waals surface area contributed by atoms with Gasteiger partial charge in [0.2, 0.25) is 11.8 Å². The van der Waals surface area contributed by atoms with Crippen LogP contribution < -0.4 is 9.62 Å². The second-order valence-electron chi connectivity index (χ2n) is 8.10.